The van der Waals surface area contributed by atoms with Crippen LogP contribution in [0.1, 0.15) is 17.5 Å². The summed E-state index contributed by atoms with van der Waals surface area (Å²) in [5.41, 5.74) is 4.07. The zero-order chi connectivity index (χ0) is 22.4. The smallest absolute Gasteiger partial charge is 0.212 e. The van der Waals surface area contributed by atoms with Gasteiger partial charge in [0.15, 0.2) is 0 Å². The largest absolute Gasteiger partial charge is 0.481 e. The van der Waals surface area contributed by atoms with Gasteiger partial charge in [0.05, 0.1) is 42.5 Å². The molecule has 2 bridgehead atoms. The number of piperidine rings is 1. The van der Waals surface area contributed by atoms with Gasteiger partial charge in [0, 0.05) is 55.7 Å². The summed E-state index contributed by atoms with van der Waals surface area (Å²) in [7, 11) is 1.63. The Morgan fingerprint density at radius 3 is 2.64 bits per heavy atom. The number of aromatic nitrogens is 5. The van der Waals surface area contributed by atoms with Crippen molar-refractivity contribution in [2.45, 2.75) is 25.0 Å². The monoisotopic (exact) mass is 438 g/mol. The van der Waals surface area contributed by atoms with Gasteiger partial charge in [-0.3, -0.25) is 9.88 Å². The molecule has 0 radical (unpaired) electrons. The molecule has 2 atom stereocenters. The molecule has 33 heavy (non-hydrogen) atoms. The van der Waals surface area contributed by atoms with Gasteiger partial charge < -0.3 is 9.64 Å². The van der Waals surface area contributed by atoms with E-state index in [1.807, 2.05) is 36.8 Å². The molecule has 0 amide bonds. The summed E-state index contributed by atoms with van der Waals surface area (Å²) in [6.07, 6.45) is 10.1. The van der Waals surface area contributed by atoms with Crippen molar-refractivity contribution < 1.29 is 4.74 Å². The van der Waals surface area contributed by atoms with Gasteiger partial charge in [0.2, 0.25) is 5.88 Å². The molecule has 2 unspecified atom stereocenters. The lowest BCUT2D eigenvalue weighted by atomic mass is 9.87. The second kappa shape index (κ2) is 7.83. The number of hydrogen-bond acceptors (Lipinski definition) is 8. The predicted molar refractivity (Wildman–Crippen MR) is 122 cm³/mol. The van der Waals surface area contributed by atoms with Crippen LogP contribution in [0.3, 0.4) is 0 Å². The average molecular weight is 438 g/mol. The van der Waals surface area contributed by atoms with E-state index in [1.165, 1.54) is 12.0 Å². The van der Waals surface area contributed by atoms with Gasteiger partial charge in [-0.05, 0) is 24.1 Å². The molecule has 0 saturated carbocycles. The van der Waals surface area contributed by atoms with Crippen molar-refractivity contribution in [3.8, 4) is 23.2 Å². The molecule has 3 aliphatic heterocycles. The Kier molecular flexibility index (Phi) is 4.66. The van der Waals surface area contributed by atoms with Crippen molar-refractivity contribution in [3.05, 3.63) is 66.4 Å². The van der Waals surface area contributed by atoms with Gasteiger partial charge in [0.1, 0.15) is 11.9 Å². The van der Waals surface area contributed by atoms with Crippen LogP contribution in [0.5, 0.6) is 5.88 Å². The van der Waals surface area contributed by atoms with Crippen LogP contribution in [-0.2, 0) is 6.54 Å². The predicted octanol–water partition coefficient (Wildman–Crippen LogP) is 2.53. The van der Waals surface area contributed by atoms with Crippen molar-refractivity contribution >= 4 is 11.3 Å². The molecule has 4 aromatic heterocycles. The molecule has 3 fully saturated rings. The zero-order valence-electron chi connectivity index (χ0n) is 18.2. The quantitative estimate of drug-likeness (QED) is 0.469. The Labute approximate surface area is 190 Å². The van der Waals surface area contributed by atoms with Gasteiger partial charge in [-0.2, -0.15) is 10.4 Å². The van der Waals surface area contributed by atoms with Crippen LogP contribution >= 0.6 is 0 Å². The third kappa shape index (κ3) is 3.36. The van der Waals surface area contributed by atoms with E-state index in [9.17, 15) is 5.26 Å². The molecular weight excluding hydrogens is 416 g/mol. The highest BCUT2D eigenvalue weighted by Crippen LogP contribution is 2.35. The molecule has 0 N–H and O–H groups in total. The number of methoxy groups -OCH3 is 1. The highest BCUT2D eigenvalue weighted by Gasteiger charge is 2.44. The number of anilines is 1. The zero-order valence-corrected chi connectivity index (χ0v) is 18.2. The summed E-state index contributed by atoms with van der Waals surface area (Å²) in [5.74, 6) is 1.53. The first kappa shape index (κ1) is 19.6. The molecule has 3 aliphatic rings. The number of pyridine rings is 2. The maximum absolute atomic E-state index is 9.42. The summed E-state index contributed by atoms with van der Waals surface area (Å²) in [6.45, 7) is 2.77. The highest BCUT2D eigenvalue weighted by atomic mass is 16.5. The summed E-state index contributed by atoms with van der Waals surface area (Å²) in [6, 6.07) is 11.1. The van der Waals surface area contributed by atoms with Crippen LogP contribution < -0.4 is 9.64 Å². The fraction of sp³-hybridized carbons (Fsp3) is 0.292. The number of fused-ring (bicyclic) bond motifs is 3. The first-order valence-electron chi connectivity index (χ1n) is 10.9. The number of hydrogen-bond donors (Lipinski definition) is 0. The van der Waals surface area contributed by atoms with Crippen LogP contribution in [0.4, 0.5) is 5.82 Å². The Bertz CT molecular complexity index is 1330. The molecule has 7 heterocycles. The topological polar surface area (TPSA) is 95.5 Å². The Morgan fingerprint density at radius 1 is 1.06 bits per heavy atom. The third-order valence-corrected chi connectivity index (χ3v) is 6.62. The van der Waals surface area contributed by atoms with E-state index in [0.29, 0.717) is 23.5 Å². The molecule has 0 aromatic carbocycles. The first-order valence-corrected chi connectivity index (χ1v) is 10.9. The molecular formula is C24H22N8O. The maximum Gasteiger partial charge on any atom is 0.212 e. The van der Waals surface area contributed by atoms with E-state index in [-0.39, 0.29) is 0 Å². The minimum atomic E-state index is 0.506. The lowest BCUT2D eigenvalue weighted by Crippen LogP contribution is -2.68. The van der Waals surface area contributed by atoms with E-state index >= 15 is 0 Å². The van der Waals surface area contributed by atoms with E-state index in [4.69, 9.17) is 9.72 Å². The Hall–Kier alpha value is -4.03. The van der Waals surface area contributed by atoms with E-state index in [0.717, 1.165) is 42.2 Å². The summed E-state index contributed by atoms with van der Waals surface area (Å²) < 4.78 is 6.86. The standard InChI is InChI=1S/C24H22N8O/c1-33-23-5-4-16(9-28-23)13-31-18-7-19(31)15-30(14-18)22-12-26-21(11-27-22)20-3-2-6-32-24(20)17(8-25)10-29-32/h2-6,9-12,18-19H,7,13-15H2,1H3. The van der Waals surface area contributed by atoms with Crippen molar-refractivity contribution in [1.82, 2.24) is 29.5 Å². The highest BCUT2D eigenvalue weighted by molar-refractivity contribution is 5.82. The molecule has 9 nitrogen and oxygen atoms in total. The number of ether oxygens (including phenoxy) is 1. The van der Waals surface area contributed by atoms with Crippen LogP contribution in [-0.4, -0.2) is 61.7 Å². The van der Waals surface area contributed by atoms with Gasteiger partial charge >= 0.3 is 0 Å². The number of rotatable bonds is 5. The molecule has 0 spiro atoms. The van der Waals surface area contributed by atoms with Gasteiger partial charge in [-0.1, -0.05) is 6.07 Å². The van der Waals surface area contributed by atoms with Crippen LogP contribution in [0.15, 0.2) is 55.2 Å². The molecule has 3 saturated heterocycles. The van der Waals surface area contributed by atoms with Crippen molar-refractivity contribution in [3.63, 3.8) is 0 Å². The first-order chi connectivity index (χ1) is 16.2. The maximum atomic E-state index is 9.42. The van der Waals surface area contributed by atoms with E-state index in [2.05, 4.69) is 37.0 Å². The minimum absolute atomic E-state index is 0.506. The number of nitrogens with zero attached hydrogens (tertiary/aromatic N) is 8. The van der Waals surface area contributed by atoms with Crippen molar-refractivity contribution in [2.75, 3.05) is 25.1 Å². The second-order valence-electron chi connectivity index (χ2n) is 8.47. The van der Waals surface area contributed by atoms with E-state index in [1.54, 1.807) is 24.0 Å². The normalized spacial score (nSPS) is 19.8. The lowest BCUT2D eigenvalue weighted by molar-refractivity contribution is -0.00879. The Balaban J connectivity index is 1.17. The van der Waals surface area contributed by atoms with Crippen LogP contribution in [0.25, 0.3) is 16.8 Å². The molecule has 7 rings (SSSR count). The number of nitriles is 1. The van der Waals surface area contributed by atoms with Gasteiger partial charge in [0.25, 0.3) is 0 Å². The van der Waals surface area contributed by atoms with Gasteiger partial charge in [-0.25, -0.2) is 14.5 Å². The minimum Gasteiger partial charge on any atom is -0.481 e. The molecule has 9 heteroatoms. The van der Waals surface area contributed by atoms with Crippen LogP contribution in [0, 0.1) is 11.3 Å². The lowest BCUT2D eigenvalue weighted by Gasteiger charge is -2.56. The second-order valence-corrected chi connectivity index (χ2v) is 8.47. The van der Waals surface area contributed by atoms with Gasteiger partial charge in [-0.15, -0.1) is 0 Å². The summed E-state index contributed by atoms with van der Waals surface area (Å²) >= 11 is 0. The third-order valence-electron chi connectivity index (χ3n) is 6.62. The number of piperazine rings is 1. The summed E-state index contributed by atoms with van der Waals surface area (Å²) in [4.78, 5) is 18.6. The Morgan fingerprint density at radius 2 is 1.94 bits per heavy atom. The fourth-order valence-corrected chi connectivity index (χ4v) is 4.92. The average Bonchev–Trinajstić information content (AvgIpc) is 3.31. The van der Waals surface area contributed by atoms with Crippen molar-refractivity contribution in [2.24, 2.45) is 0 Å². The molecule has 0 aliphatic carbocycles. The molecule has 164 valence electrons. The fourth-order valence-electron chi connectivity index (χ4n) is 4.92. The summed E-state index contributed by atoms with van der Waals surface area (Å²) in [5, 5.41) is 13.7. The molecule has 4 aromatic rings. The SMILES string of the molecule is COc1ccc(CN2C3CC2CN(c2cnc(-c4cccn5ncc(C#N)c45)cn2)C3)cn1. The van der Waals surface area contributed by atoms with E-state index < -0.39 is 0 Å². The van der Waals surface area contributed by atoms with Crippen molar-refractivity contribution in [1.29, 1.82) is 5.26 Å². The van der Waals surface area contributed by atoms with Crippen LogP contribution in [0.2, 0.25) is 0 Å².